The van der Waals surface area contributed by atoms with Crippen molar-refractivity contribution in [3.8, 4) is 0 Å². The van der Waals surface area contributed by atoms with Gasteiger partial charge in [-0.15, -0.1) is 0 Å². The standard InChI is InChI=1S/C13H23N5O/c1-2-4-8-18(7-3-1)13-15-12(19-16-13)11-17-9-5-14-6-10-17/h14H,1-11H2. The van der Waals surface area contributed by atoms with Crippen molar-refractivity contribution in [3.63, 3.8) is 0 Å². The highest BCUT2D eigenvalue weighted by Gasteiger charge is 2.18. The minimum Gasteiger partial charge on any atom is -0.338 e. The van der Waals surface area contributed by atoms with E-state index in [0.717, 1.165) is 57.7 Å². The summed E-state index contributed by atoms with van der Waals surface area (Å²) in [4.78, 5) is 9.17. The second kappa shape index (κ2) is 6.34. The zero-order valence-electron chi connectivity index (χ0n) is 11.5. The number of aromatic nitrogens is 2. The quantitative estimate of drug-likeness (QED) is 0.874. The smallest absolute Gasteiger partial charge is 0.266 e. The van der Waals surface area contributed by atoms with Crippen molar-refractivity contribution in [3.05, 3.63) is 5.89 Å². The van der Waals surface area contributed by atoms with Gasteiger partial charge in [0.25, 0.3) is 5.95 Å². The molecule has 0 spiro atoms. The number of piperazine rings is 1. The Morgan fingerprint density at radius 2 is 1.74 bits per heavy atom. The summed E-state index contributed by atoms with van der Waals surface area (Å²) >= 11 is 0. The predicted molar refractivity (Wildman–Crippen MR) is 73.1 cm³/mol. The first kappa shape index (κ1) is 12.9. The molecule has 6 heteroatoms. The summed E-state index contributed by atoms with van der Waals surface area (Å²) in [5.74, 6) is 1.54. The second-order valence-corrected chi connectivity index (χ2v) is 5.42. The van der Waals surface area contributed by atoms with Crippen LogP contribution in [0, 0.1) is 0 Å². The maximum absolute atomic E-state index is 5.40. The summed E-state index contributed by atoms with van der Waals surface area (Å²) in [6.45, 7) is 7.12. The molecule has 6 nitrogen and oxygen atoms in total. The van der Waals surface area contributed by atoms with E-state index in [4.69, 9.17) is 4.52 Å². The number of rotatable bonds is 3. The predicted octanol–water partition coefficient (Wildman–Crippen LogP) is 0.855. The molecule has 1 aromatic heterocycles. The fourth-order valence-electron chi connectivity index (χ4n) is 2.77. The van der Waals surface area contributed by atoms with Gasteiger partial charge in [-0.3, -0.25) is 4.90 Å². The third-order valence-corrected chi connectivity index (χ3v) is 3.91. The molecule has 0 saturated carbocycles. The lowest BCUT2D eigenvalue weighted by atomic mass is 10.2. The van der Waals surface area contributed by atoms with Crippen molar-refractivity contribution >= 4 is 5.95 Å². The van der Waals surface area contributed by atoms with E-state index in [-0.39, 0.29) is 0 Å². The maximum Gasteiger partial charge on any atom is 0.266 e. The van der Waals surface area contributed by atoms with Crippen LogP contribution >= 0.6 is 0 Å². The lowest BCUT2D eigenvalue weighted by molar-refractivity contribution is 0.203. The lowest BCUT2D eigenvalue weighted by Crippen LogP contribution is -2.42. The van der Waals surface area contributed by atoms with Crippen LogP contribution in [0.15, 0.2) is 4.52 Å². The second-order valence-electron chi connectivity index (χ2n) is 5.42. The Balaban J connectivity index is 1.58. The summed E-state index contributed by atoms with van der Waals surface area (Å²) in [6, 6.07) is 0. The number of nitrogens with one attached hydrogen (secondary N) is 1. The Morgan fingerprint density at radius 3 is 2.47 bits per heavy atom. The summed E-state index contributed by atoms with van der Waals surface area (Å²) in [5.41, 5.74) is 0. The molecule has 0 aliphatic carbocycles. The molecule has 2 aliphatic heterocycles. The summed E-state index contributed by atoms with van der Waals surface area (Å²) in [7, 11) is 0. The molecule has 1 N–H and O–H groups in total. The number of hydrogen-bond acceptors (Lipinski definition) is 6. The summed E-state index contributed by atoms with van der Waals surface area (Å²) in [5, 5.41) is 7.49. The minimum atomic E-state index is 0.751. The van der Waals surface area contributed by atoms with Gasteiger partial charge in [-0.1, -0.05) is 12.8 Å². The Labute approximate surface area is 114 Å². The van der Waals surface area contributed by atoms with E-state index < -0.39 is 0 Å². The highest BCUT2D eigenvalue weighted by molar-refractivity contribution is 5.27. The Kier molecular flexibility index (Phi) is 4.30. The molecule has 2 saturated heterocycles. The highest BCUT2D eigenvalue weighted by atomic mass is 16.5. The van der Waals surface area contributed by atoms with Crippen LogP contribution in [0.25, 0.3) is 0 Å². The van der Waals surface area contributed by atoms with Gasteiger partial charge >= 0.3 is 0 Å². The van der Waals surface area contributed by atoms with Crippen molar-refractivity contribution in [2.24, 2.45) is 0 Å². The molecule has 106 valence electrons. The minimum absolute atomic E-state index is 0.751. The van der Waals surface area contributed by atoms with Crippen molar-refractivity contribution in [1.82, 2.24) is 20.4 Å². The van der Waals surface area contributed by atoms with E-state index in [9.17, 15) is 0 Å². The van der Waals surface area contributed by atoms with E-state index in [1.165, 1.54) is 25.7 Å². The van der Waals surface area contributed by atoms with Gasteiger partial charge < -0.3 is 14.7 Å². The third-order valence-electron chi connectivity index (χ3n) is 3.91. The van der Waals surface area contributed by atoms with Gasteiger partial charge in [-0.05, 0) is 18.0 Å². The van der Waals surface area contributed by atoms with E-state index in [2.05, 4.69) is 25.3 Å². The molecule has 0 unspecified atom stereocenters. The van der Waals surface area contributed by atoms with Crippen molar-refractivity contribution in [1.29, 1.82) is 0 Å². The average Bonchev–Trinajstić information content (AvgIpc) is 2.74. The molecule has 3 rings (SSSR count). The lowest BCUT2D eigenvalue weighted by Gasteiger charge is -2.25. The number of anilines is 1. The van der Waals surface area contributed by atoms with Crippen LogP contribution in [-0.4, -0.2) is 54.3 Å². The molecule has 0 amide bonds. The first-order chi connectivity index (χ1) is 9.42. The summed E-state index contributed by atoms with van der Waals surface area (Å²) in [6.07, 6.45) is 5.12. The normalized spacial score (nSPS) is 22.4. The van der Waals surface area contributed by atoms with Crippen LogP contribution in [0.1, 0.15) is 31.6 Å². The van der Waals surface area contributed by atoms with Gasteiger partial charge in [0.05, 0.1) is 6.54 Å². The van der Waals surface area contributed by atoms with E-state index in [1.807, 2.05) is 0 Å². The zero-order valence-corrected chi connectivity index (χ0v) is 11.5. The van der Waals surface area contributed by atoms with Crippen LogP contribution in [0.3, 0.4) is 0 Å². The third kappa shape index (κ3) is 3.45. The molecule has 3 heterocycles. The van der Waals surface area contributed by atoms with Gasteiger partial charge in [-0.2, -0.15) is 4.98 Å². The van der Waals surface area contributed by atoms with E-state index in [1.54, 1.807) is 0 Å². The first-order valence-corrected chi connectivity index (χ1v) is 7.42. The molecule has 0 aromatic carbocycles. The van der Waals surface area contributed by atoms with Gasteiger partial charge in [0, 0.05) is 39.3 Å². The molecule has 2 fully saturated rings. The van der Waals surface area contributed by atoms with Crippen molar-refractivity contribution in [2.75, 3.05) is 44.2 Å². The van der Waals surface area contributed by atoms with Crippen LogP contribution in [0.5, 0.6) is 0 Å². The van der Waals surface area contributed by atoms with Gasteiger partial charge in [0.2, 0.25) is 5.89 Å². The number of hydrogen-bond donors (Lipinski definition) is 1. The topological polar surface area (TPSA) is 57.4 Å². The fourth-order valence-corrected chi connectivity index (χ4v) is 2.77. The number of nitrogens with zero attached hydrogens (tertiary/aromatic N) is 4. The Hall–Kier alpha value is -1.14. The Bertz CT molecular complexity index is 380. The average molecular weight is 265 g/mol. The molecule has 0 atom stereocenters. The molecule has 2 aliphatic rings. The fraction of sp³-hybridized carbons (Fsp3) is 0.846. The van der Waals surface area contributed by atoms with Crippen LogP contribution in [0.4, 0.5) is 5.95 Å². The molecule has 0 bridgehead atoms. The molecule has 0 radical (unpaired) electrons. The monoisotopic (exact) mass is 265 g/mol. The maximum atomic E-state index is 5.40. The van der Waals surface area contributed by atoms with Gasteiger partial charge in [-0.25, -0.2) is 0 Å². The molecular weight excluding hydrogens is 242 g/mol. The highest BCUT2D eigenvalue weighted by Crippen LogP contribution is 2.16. The van der Waals surface area contributed by atoms with Crippen molar-refractivity contribution in [2.45, 2.75) is 32.2 Å². The Morgan fingerprint density at radius 1 is 1.00 bits per heavy atom. The first-order valence-electron chi connectivity index (χ1n) is 7.42. The molecule has 1 aromatic rings. The summed E-state index contributed by atoms with van der Waals surface area (Å²) < 4.78 is 5.40. The zero-order chi connectivity index (χ0) is 12.9. The van der Waals surface area contributed by atoms with Gasteiger partial charge in [0.15, 0.2) is 0 Å². The van der Waals surface area contributed by atoms with E-state index in [0.29, 0.717) is 0 Å². The molecule has 19 heavy (non-hydrogen) atoms. The van der Waals surface area contributed by atoms with Crippen LogP contribution in [0.2, 0.25) is 0 Å². The van der Waals surface area contributed by atoms with Crippen molar-refractivity contribution < 1.29 is 4.52 Å². The van der Waals surface area contributed by atoms with Gasteiger partial charge in [0.1, 0.15) is 0 Å². The largest absolute Gasteiger partial charge is 0.338 e. The SMILES string of the molecule is C1CCCN(c2noc(CN3CCNCC3)n2)CC1. The van der Waals surface area contributed by atoms with Crippen LogP contribution < -0.4 is 10.2 Å². The van der Waals surface area contributed by atoms with E-state index >= 15 is 0 Å². The van der Waals surface area contributed by atoms with Crippen LogP contribution in [-0.2, 0) is 6.54 Å². The molecular formula is C13H23N5O.